The molecule has 1 amide bonds. The SMILES string of the molecule is Cc1nc(-c2cccc(Cl)c2)sc1C(=O)N1CCN(S(C)(=O)=O)CC1. The Kier molecular flexibility index (Phi) is 5.15. The first-order valence-electron chi connectivity index (χ1n) is 7.73. The summed E-state index contributed by atoms with van der Waals surface area (Å²) in [6.07, 6.45) is 1.19. The zero-order valence-corrected chi connectivity index (χ0v) is 16.3. The molecular weight excluding hydrogens is 382 g/mol. The summed E-state index contributed by atoms with van der Waals surface area (Å²) in [5, 5.41) is 1.37. The first-order chi connectivity index (χ1) is 11.8. The van der Waals surface area contributed by atoms with Crippen molar-refractivity contribution in [2.45, 2.75) is 6.92 Å². The van der Waals surface area contributed by atoms with Crippen LogP contribution in [0, 0.1) is 6.92 Å². The molecular formula is C16H18ClN3O3S2. The average molecular weight is 400 g/mol. The van der Waals surface area contributed by atoms with Crippen molar-refractivity contribution in [2.75, 3.05) is 32.4 Å². The van der Waals surface area contributed by atoms with Crippen molar-refractivity contribution in [1.82, 2.24) is 14.2 Å². The Morgan fingerprint density at radius 1 is 1.24 bits per heavy atom. The van der Waals surface area contributed by atoms with E-state index < -0.39 is 10.0 Å². The third kappa shape index (κ3) is 4.03. The summed E-state index contributed by atoms with van der Waals surface area (Å²) in [6, 6.07) is 7.36. The number of sulfonamides is 1. The molecule has 0 N–H and O–H groups in total. The summed E-state index contributed by atoms with van der Waals surface area (Å²) in [6.45, 7) is 3.23. The van der Waals surface area contributed by atoms with Gasteiger partial charge in [-0.15, -0.1) is 11.3 Å². The minimum Gasteiger partial charge on any atom is -0.335 e. The third-order valence-electron chi connectivity index (χ3n) is 4.06. The van der Waals surface area contributed by atoms with Gasteiger partial charge in [0.1, 0.15) is 9.88 Å². The van der Waals surface area contributed by atoms with Crippen LogP contribution in [0.15, 0.2) is 24.3 Å². The van der Waals surface area contributed by atoms with E-state index in [9.17, 15) is 13.2 Å². The standard InChI is InChI=1S/C16H18ClN3O3S2/c1-11-14(24-15(18-11)12-4-3-5-13(17)10-12)16(21)19-6-8-20(9-7-19)25(2,22)23/h3-5,10H,6-9H2,1-2H3. The number of benzene rings is 1. The molecule has 9 heteroatoms. The van der Waals surface area contributed by atoms with E-state index in [2.05, 4.69) is 4.98 Å². The fourth-order valence-corrected chi connectivity index (χ4v) is 4.75. The third-order valence-corrected chi connectivity index (χ3v) is 6.79. The minimum absolute atomic E-state index is 0.101. The van der Waals surface area contributed by atoms with Gasteiger partial charge in [0.2, 0.25) is 10.0 Å². The van der Waals surface area contributed by atoms with Crippen molar-refractivity contribution in [3.8, 4) is 10.6 Å². The smallest absolute Gasteiger partial charge is 0.265 e. The maximum atomic E-state index is 12.8. The van der Waals surface area contributed by atoms with Crippen LogP contribution in [0.4, 0.5) is 0 Å². The van der Waals surface area contributed by atoms with Crippen molar-refractivity contribution in [3.63, 3.8) is 0 Å². The van der Waals surface area contributed by atoms with Gasteiger partial charge in [0.05, 0.1) is 11.9 Å². The van der Waals surface area contributed by atoms with Gasteiger partial charge >= 0.3 is 0 Å². The highest BCUT2D eigenvalue weighted by molar-refractivity contribution is 7.88. The normalized spacial score (nSPS) is 16.2. The van der Waals surface area contributed by atoms with E-state index in [0.717, 1.165) is 10.6 Å². The molecule has 1 saturated heterocycles. The van der Waals surface area contributed by atoms with Crippen molar-refractivity contribution in [3.05, 3.63) is 39.9 Å². The Hall–Kier alpha value is -1.48. The van der Waals surface area contributed by atoms with E-state index in [0.29, 0.717) is 41.8 Å². The first-order valence-corrected chi connectivity index (χ1v) is 10.8. The highest BCUT2D eigenvalue weighted by Crippen LogP contribution is 2.30. The molecule has 25 heavy (non-hydrogen) atoms. The van der Waals surface area contributed by atoms with Gasteiger partial charge in [0, 0.05) is 36.8 Å². The van der Waals surface area contributed by atoms with Gasteiger partial charge in [-0.2, -0.15) is 4.31 Å². The van der Waals surface area contributed by atoms with Gasteiger partial charge in [0.25, 0.3) is 5.91 Å². The van der Waals surface area contributed by atoms with Crippen LogP contribution in [0.3, 0.4) is 0 Å². The second-order valence-corrected chi connectivity index (χ2v) is 9.32. The number of hydrogen-bond donors (Lipinski definition) is 0. The Morgan fingerprint density at radius 2 is 1.92 bits per heavy atom. The Bertz CT molecular complexity index is 903. The Balaban J connectivity index is 1.78. The summed E-state index contributed by atoms with van der Waals surface area (Å²) >= 11 is 7.36. The number of aromatic nitrogens is 1. The number of nitrogens with zero attached hydrogens (tertiary/aromatic N) is 3. The van der Waals surface area contributed by atoms with Gasteiger partial charge in [-0.3, -0.25) is 4.79 Å². The van der Waals surface area contributed by atoms with Crippen molar-refractivity contribution < 1.29 is 13.2 Å². The largest absolute Gasteiger partial charge is 0.335 e. The summed E-state index contributed by atoms with van der Waals surface area (Å²) in [5.74, 6) is -0.101. The van der Waals surface area contributed by atoms with Crippen LogP contribution in [0.25, 0.3) is 10.6 Å². The highest BCUT2D eigenvalue weighted by Gasteiger charge is 2.28. The highest BCUT2D eigenvalue weighted by atomic mass is 35.5. The number of aryl methyl sites for hydroxylation is 1. The van der Waals surface area contributed by atoms with Crippen LogP contribution in [0.2, 0.25) is 5.02 Å². The molecule has 1 aliphatic rings. The number of piperazine rings is 1. The molecule has 1 fully saturated rings. The van der Waals surface area contributed by atoms with Crippen molar-refractivity contribution >= 4 is 38.9 Å². The molecule has 6 nitrogen and oxygen atoms in total. The summed E-state index contributed by atoms with van der Waals surface area (Å²) in [4.78, 5) is 19.6. The van der Waals surface area contributed by atoms with Crippen LogP contribution in [0.1, 0.15) is 15.4 Å². The maximum absolute atomic E-state index is 12.8. The molecule has 0 spiro atoms. The molecule has 0 radical (unpaired) electrons. The lowest BCUT2D eigenvalue weighted by Crippen LogP contribution is -2.50. The lowest BCUT2D eigenvalue weighted by molar-refractivity contribution is 0.0702. The lowest BCUT2D eigenvalue weighted by Gasteiger charge is -2.33. The molecule has 2 heterocycles. The molecule has 3 rings (SSSR count). The number of hydrogen-bond acceptors (Lipinski definition) is 5. The van der Waals surface area contributed by atoms with E-state index in [1.165, 1.54) is 21.9 Å². The number of carbonyl (C=O) groups is 1. The Labute approximate surface area is 156 Å². The van der Waals surface area contributed by atoms with E-state index in [4.69, 9.17) is 11.6 Å². The molecule has 0 atom stereocenters. The summed E-state index contributed by atoms with van der Waals surface area (Å²) in [7, 11) is -3.21. The minimum atomic E-state index is -3.21. The number of thiazole rings is 1. The molecule has 0 aliphatic carbocycles. The molecule has 2 aromatic rings. The van der Waals surface area contributed by atoms with Crippen LogP contribution in [-0.2, 0) is 10.0 Å². The van der Waals surface area contributed by atoms with Crippen LogP contribution < -0.4 is 0 Å². The van der Waals surface area contributed by atoms with Crippen LogP contribution in [0.5, 0.6) is 0 Å². The number of rotatable bonds is 3. The second-order valence-electron chi connectivity index (χ2n) is 5.90. The zero-order chi connectivity index (χ0) is 18.2. The average Bonchev–Trinajstić information content (AvgIpc) is 2.95. The fourth-order valence-electron chi connectivity index (χ4n) is 2.71. The quantitative estimate of drug-likeness (QED) is 0.795. The predicted molar refractivity (Wildman–Crippen MR) is 99.6 cm³/mol. The number of halogens is 1. The molecule has 0 bridgehead atoms. The van der Waals surface area contributed by atoms with E-state index in [1.54, 1.807) is 11.0 Å². The first kappa shape index (κ1) is 18.3. The predicted octanol–water partition coefficient (Wildman–Crippen LogP) is 2.49. The summed E-state index contributed by atoms with van der Waals surface area (Å²) in [5.41, 5.74) is 1.55. The number of amides is 1. The zero-order valence-electron chi connectivity index (χ0n) is 13.9. The fraction of sp³-hybridized carbons (Fsp3) is 0.375. The molecule has 134 valence electrons. The monoisotopic (exact) mass is 399 g/mol. The molecule has 0 unspecified atom stereocenters. The van der Waals surface area contributed by atoms with Gasteiger partial charge in [0.15, 0.2) is 0 Å². The topological polar surface area (TPSA) is 70.6 Å². The second kappa shape index (κ2) is 7.03. The van der Waals surface area contributed by atoms with Gasteiger partial charge in [-0.1, -0.05) is 23.7 Å². The van der Waals surface area contributed by atoms with Gasteiger partial charge < -0.3 is 4.90 Å². The van der Waals surface area contributed by atoms with Crippen molar-refractivity contribution in [1.29, 1.82) is 0 Å². The van der Waals surface area contributed by atoms with Crippen LogP contribution >= 0.6 is 22.9 Å². The molecule has 1 aliphatic heterocycles. The lowest BCUT2D eigenvalue weighted by atomic mass is 10.2. The van der Waals surface area contributed by atoms with Crippen LogP contribution in [-0.4, -0.2) is 60.9 Å². The Morgan fingerprint density at radius 3 is 2.52 bits per heavy atom. The number of carbonyl (C=O) groups excluding carboxylic acids is 1. The van der Waals surface area contributed by atoms with E-state index in [1.807, 2.05) is 25.1 Å². The van der Waals surface area contributed by atoms with Gasteiger partial charge in [-0.05, 0) is 19.1 Å². The summed E-state index contributed by atoms with van der Waals surface area (Å²) < 4.78 is 24.6. The molecule has 0 saturated carbocycles. The molecule has 1 aromatic carbocycles. The maximum Gasteiger partial charge on any atom is 0.265 e. The van der Waals surface area contributed by atoms with Gasteiger partial charge in [-0.25, -0.2) is 13.4 Å². The van der Waals surface area contributed by atoms with E-state index >= 15 is 0 Å². The van der Waals surface area contributed by atoms with E-state index in [-0.39, 0.29) is 5.91 Å². The molecule has 1 aromatic heterocycles. The van der Waals surface area contributed by atoms with Crippen molar-refractivity contribution in [2.24, 2.45) is 0 Å².